The first-order valence-corrected chi connectivity index (χ1v) is 10.3. The molecule has 0 unspecified atom stereocenters. The quantitative estimate of drug-likeness (QED) is 0.720. The maximum Gasteiger partial charge on any atom is 0.253 e. The van der Waals surface area contributed by atoms with Gasteiger partial charge in [0.05, 0.1) is 6.54 Å². The van der Waals surface area contributed by atoms with Crippen LogP contribution in [0.15, 0.2) is 35.9 Å². The molecule has 146 valence electrons. The first-order chi connectivity index (χ1) is 13.2. The number of carbonyl (C=O) groups excluding carboxylic acids is 2. The van der Waals surface area contributed by atoms with E-state index in [1.807, 2.05) is 29.2 Å². The summed E-state index contributed by atoms with van der Waals surface area (Å²) < 4.78 is 0. The van der Waals surface area contributed by atoms with Crippen molar-refractivity contribution in [2.75, 3.05) is 31.5 Å². The second-order valence-corrected chi connectivity index (χ2v) is 7.50. The Bertz CT molecular complexity index is 678. The van der Waals surface area contributed by atoms with Gasteiger partial charge >= 0.3 is 0 Å². The molecule has 1 aliphatic carbocycles. The molecular formula is C22H31N3O2. The second kappa shape index (κ2) is 10.1. The standard InChI is InChI=1S/C22H31N3O2/c26-21(23-13-12-18-8-3-1-4-9-18)17-24-20-11-7-10-19(16-20)22(27)25-14-5-2-6-15-25/h7-8,10-11,16,24H,1-6,9,12-15,17H2,(H,23,26). The third-order valence-corrected chi connectivity index (χ3v) is 5.36. The third-order valence-electron chi connectivity index (χ3n) is 5.36. The summed E-state index contributed by atoms with van der Waals surface area (Å²) in [6.45, 7) is 2.60. The predicted octanol–water partition coefficient (Wildman–Crippen LogP) is 3.73. The van der Waals surface area contributed by atoms with Gasteiger partial charge in [-0.05, 0) is 69.6 Å². The van der Waals surface area contributed by atoms with Crippen LogP contribution in [-0.4, -0.2) is 42.9 Å². The van der Waals surface area contributed by atoms with Gasteiger partial charge in [-0.15, -0.1) is 0 Å². The van der Waals surface area contributed by atoms with Gasteiger partial charge in [0, 0.05) is 30.9 Å². The molecule has 2 amide bonds. The first kappa shape index (κ1) is 19.5. The first-order valence-electron chi connectivity index (χ1n) is 10.3. The average molecular weight is 370 g/mol. The summed E-state index contributed by atoms with van der Waals surface area (Å²) >= 11 is 0. The summed E-state index contributed by atoms with van der Waals surface area (Å²) in [5.41, 5.74) is 2.97. The SMILES string of the molecule is O=C(CNc1cccc(C(=O)N2CCCCC2)c1)NCCC1=CCCCC1. The highest BCUT2D eigenvalue weighted by molar-refractivity contribution is 5.95. The number of rotatable bonds is 7. The van der Waals surface area contributed by atoms with E-state index in [1.165, 1.54) is 37.7 Å². The molecule has 1 saturated heterocycles. The summed E-state index contributed by atoms with van der Waals surface area (Å²) in [7, 11) is 0. The Kier molecular flexibility index (Phi) is 7.31. The third kappa shape index (κ3) is 6.12. The van der Waals surface area contributed by atoms with E-state index in [-0.39, 0.29) is 18.4 Å². The smallest absolute Gasteiger partial charge is 0.253 e. The minimum Gasteiger partial charge on any atom is -0.376 e. The van der Waals surface area contributed by atoms with Gasteiger partial charge in [-0.2, -0.15) is 0 Å². The number of carbonyl (C=O) groups is 2. The summed E-state index contributed by atoms with van der Waals surface area (Å²) in [6, 6.07) is 7.46. The van der Waals surface area contributed by atoms with E-state index in [0.29, 0.717) is 12.1 Å². The van der Waals surface area contributed by atoms with Gasteiger partial charge < -0.3 is 15.5 Å². The van der Waals surface area contributed by atoms with Crippen molar-refractivity contribution in [1.82, 2.24) is 10.2 Å². The lowest BCUT2D eigenvalue weighted by molar-refractivity contribution is -0.119. The van der Waals surface area contributed by atoms with Crippen LogP contribution in [0.5, 0.6) is 0 Å². The van der Waals surface area contributed by atoms with Crippen LogP contribution in [0.4, 0.5) is 5.69 Å². The van der Waals surface area contributed by atoms with E-state index in [2.05, 4.69) is 16.7 Å². The normalized spacial score (nSPS) is 17.2. The van der Waals surface area contributed by atoms with E-state index < -0.39 is 0 Å². The summed E-state index contributed by atoms with van der Waals surface area (Å²) in [5, 5.41) is 6.11. The summed E-state index contributed by atoms with van der Waals surface area (Å²) in [5.74, 6) is 0.0720. The molecule has 0 radical (unpaired) electrons. The molecule has 5 heteroatoms. The Balaban J connectivity index is 1.42. The summed E-state index contributed by atoms with van der Waals surface area (Å²) in [4.78, 5) is 26.6. The van der Waals surface area contributed by atoms with E-state index >= 15 is 0 Å². The van der Waals surface area contributed by atoms with Gasteiger partial charge in [-0.25, -0.2) is 0 Å². The number of nitrogens with one attached hydrogen (secondary N) is 2. The monoisotopic (exact) mass is 369 g/mol. The average Bonchev–Trinajstić information content (AvgIpc) is 2.73. The highest BCUT2D eigenvalue weighted by Crippen LogP contribution is 2.19. The van der Waals surface area contributed by atoms with Crippen LogP contribution >= 0.6 is 0 Å². The molecule has 1 fully saturated rings. The van der Waals surface area contributed by atoms with Crippen LogP contribution in [0.25, 0.3) is 0 Å². The van der Waals surface area contributed by atoms with Crippen molar-refractivity contribution in [2.45, 2.75) is 51.4 Å². The largest absolute Gasteiger partial charge is 0.376 e. The zero-order valence-electron chi connectivity index (χ0n) is 16.1. The molecule has 27 heavy (non-hydrogen) atoms. The van der Waals surface area contributed by atoms with Crippen LogP contribution in [0.1, 0.15) is 61.7 Å². The highest BCUT2D eigenvalue weighted by Gasteiger charge is 2.18. The molecular weight excluding hydrogens is 338 g/mol. The number of hydrogen-bond donors (Lipinski definition) is 2. The Hall–Kier alpha value is -2.30. The molecule has 2 aliphatic rings. The number of anilines is 1. The number of benzene rings is 1. The van der Waals surface area contributed by atoms with Crippen LogP contribution in [0.2, 0.25) is 0 Å². The Labute approximate surface area is 162 Å². The van der Waals surface area contributed by atoms with Crippen molar-refractivity contribution in [1.29, 1.82) is 0 Å². The number of allylic oxidation sites excluding steroid dienone is 1. The Morgan fingerprint density at radius 3 is 2.67 bits per heavy atom. The van der Waals surface area contributed by atoms with Gasteiger partial charge in [0.25, 0.3) is 5.91 Å². The van der Waals surface area contributed by atoms with Crippen molar-refractivity contribution < 1.29 is 9.59 Å². The molecule has 3 rings (SSSR count). The molecule has 1 aromatic carbocycles. The molecule has 2 N–H and O–H groups in total. The zero-order chi connectivity index (χ0) is 18.9. The fraction of sp³-hybridized carbons (Fsp3) is 0.545. The van der Waals surface area contributed by atoms with Crippen LogP contribution in [0.3, 0.4) is 0 Å². The van der Waals surface area contributed by atoms with Crippen LogP contribution < -0.4 is 10.6 Å². The van der Waals surface area contributed by atoms with E-state index in [9.17, 15) is 9.59 Å². The lowest BCUT2D eigenvalue weighted by Gasteiger charge is -2.26. The second-order valence-electron chi connectivity index (χ2n) is 7.50. The number of amides is 2. The van der Waals surface area contributed by atoms with Gasteiger partial charge in [-0.1, -0.05) is 17.7 Å². The molecule has 0 aromatic heterocycles. The lowest BCUT2D eigenvalue weighted by Crippen LogP contribution is -2.35. The molecule has 5 nitrogen and oxygen atoms in total. The molecule has 0 spiro atoms. The van der Waals surface area contributed by atoms with Crippen molar-refractivity contribution in [3.05, 3.63) is 41.5 Å². The van der Waals surface area contributed by atoms with Gasteiger partial charge in [0.1, 0.15) is 0 Å². The molecule has 0 bridgehead atoms. The van der Waals surface area contributed by atoms with Crippen LogP contribution in [-0.2, 0) is 4.79 Å². The number of hydrogen-bond acceptors (Lipinski definition) is 3. The number of nitrogens with zero attached hydrogens (tertiary/aromatic N) is 1. The van der Waals surface area contributed by atoms with E-state index in [4.69, 9.17) is 0 Å². The lowest BCUT2D eigenvalue weighted by atomic mass is 9.97. The fourth-order valence-corrected chi connectivity index (χ4v) is 3.78. The van der Waals surface area contributed by atoms with Gasteiger partial charge in [0.2, 0.25) is 5.91 Å². The molecule has 1 aliphatic heterocycles. The van der Waals surface area contributed by atoms with Gasteiger partial charge in [0.15, 0.2) is 0 Å². The van der Waals surface area contributed by atoms with Gasteiger partial charge in [-0.3, -0.25) is 9.59 Å². The molecule has 1 aromatic rings. The fourth-order valence-electron chi connectivity index (χ4n) is 3.78. The molecule has 0 atom stereocenters. The Morgan fingerprint density at radius 2 is 1.89 bits per heavy atom. The maximum absolute atomic E-state index is 12.6. The van der Waals surface area contributed by atoms with Crippen molar-refractivity contribution in [2.24, 2.45) is 0 Å². The zero-order valence-corrected chi connectivity index (χ0v) is 16.1. The maximum atomic E-state index is 12.6. The Morgan fingerprint density at radius 1 is 1.04 bits per heavy atom. The highest BCUT2D eigenvalue weighted by atomic mass is 16.2. The number of piperidine rings is 1. The predicted molar refractivity (Wildman–Crippen MR) is 109 cm³/mol. The van der Waals surface area contributed by atoms with E-state index in [1.54, 1.807) is 0 Å². The summed E-state index contributed by atoms with van der Waals surface area (Å²) in [6.07, 6.45) is 11.6. The number of likely N-dealkylation sites (tertiary alicyclic amines) is 1. The van der Waals surface area contributed by atoms with Crippen molar-refractivity contribution >= 4 is 17.5 Å². The van der Waals surface area contributed by atoms with Crippen molar-refractivity contribution in [3.63, 3.8) is 0 Å². The topological polar surface area (TPSA) is 61.4 Å². The van der Waals surface area contributed by atoms with Crippen LogP contribution in [0, 0.1) is 0 Å². The molecule has 0 saturated carbocycles. The molecule has 1 heterocycles. The van der Waals surface area contributed by atoms with E-state index in [0.717, 1.165) is 38.0 Å². The minimum atomic E-state index is -0.0147. The minimum absolute atomic E-state index is 0.0147. The van der Waals surface area contributed by atoms with Crippen molar-refractivity contribution in [3.8, 4) is 0 Å².